The van der Waals surface area contributed by atoms with Gasteiger partial charge in [0.05, 0.1) is 16.3 Å². The lowest BCUT2D eigenvalue weighted by atomic mass is 9.95. The molecular weight excluding hydrogens is 299 g/mol. The van der Waals surface area contributed by atoms with E-state index in [1.807, 2.05) is 17.5 Å². The first-order valence-electron chi connectivity index (χ1n) is 6.20. The molecule has 2 nitrogen and oxygen atoms in total. The summed E-state index contributed by atoms with van der Waals surface area (Å²) in [6.07, 6.45) is 1.73. The number of benzene rings is 1. The molecule has 0 saturated carbocycles. The standard InChI is InChI=1S/C14H16Cl2N2S/c1-3-14(17,4-2)13-18-12(8-19-13)10-6-5-9(15)7-11(10)16/h5-8H,3-4,17H2,1-2H3. The van der Waals surface area contributed by atoms with E-state index in [1.165, 1.54) is 0 Å². The Kier molecular flexibility index (Phi) is 4.51. The summed E-state index contributed by atoms with van der Waals surface area (Å²) in [5, 5.41) is 4.19. The van der Waals surface area contributed by atoms with Crippen molar-refractivity contribution in [3.63, 3.8) is 0 Å². The summed E-state index contributed by atoms with van der Waals surface area (Å²) < 4.78 is 0. The van der Waals surface area contributed by atoms with Crippen molar-refractivity contribution in [1.82, 2.24) is 4.98 Å². The van der Waals surface area contributed by atoms with Gasteiger partial charge in [-0.1, -0.05) is 37.0 Å². The molecule has 0 atom stereocenters. The molecule has 1 aromatic heterocycles. The molecule has 2 rings (SSSR count). The van der Waals surface area contributed by atoms with Gasteiger partial charge in [-0.3, -0.25) is 0 Å². The summed E-state index contributed by atoms with van der Waals surface area (Å²) in [5.41, 5.74) is 7.77. The molecule has 5 heteroatoms. The first-order valence-corrected chi connectivity index (χ1v) is 7.84. The zero-order valence-corrected chi connectivity index (χ0v) is 13.2. The van der Waals surface area contributed by atoms with Crippen LogP contribution in [0.4, 0.5) is 0 Å². The fourth-order valence-electron chi connectivity index (χ4n) is 1.88. The van der Waals surface area contributed by atoms with E-state index in [0.29, 0.717) is 10.0 Å². The highest BCUT2D eigenvalue weighted by molar-refractivity contribution is 7.10. The average molecular weight is 315 g/mol. The van der Waals surface area contributed by atoms with Crippen LogP contribution in [0.15, 0.2) is 23.6 Å². The van der Waals surface area contributed by atoms with Crippen LogP contribution in [0.5, 0.6) is 0 Å². The highest BCUT2D eigenvalue weighted by Crippen LogP contribution is 2.35. The van der Waals surface area contributed by atoms with Crippen molar-refractivity contribution in [2.75, 3.05) is 0 Å². The molecule has 0 amide bonds. The predicted molar refractivity (Wildman–Crippen MR) is 84.0 cm³/mol. The summed E-state index contributed by atoms with van der Waals surface area (Å²) in [5.74, 6) is 0. The number of hydrogen-bond donors (Lipinski definition) is 1. The highest BCUT2D eigenvalue weighted by atomic mass is 35.5. The van der Waals surface area contributed by atoms with Gasteiger partial charge < -0.3 is 5.73 Å². The van der Waals surface area contributed by atoms with E-state index in [-0.39, 0.29) is 5.54 Å². The third kappa shape index (κ3) is 2.95. The molecular formula is C14H16Cl2N2S. The molecule has 0 fully saturated rings. The van der Waals surface area contributed by atoms with Gasteiger partial charge in [0.15, 0.2) is 0 Å². The van der Waals surface area contributed by atoms with Crippen LogP contribution >= 0.6 is 34.5 Å². The maximum atomic E-state index is 6.37. The van der Waals surface area contributed by atoms with Crippen LogP contribution in [0.3, 0.4) is 0 Å². The molecule has 19 heavy (non-hydrogen) atoms. The quantitative estimate of drug-likeness (QED) is 0.853. The minimum atomic E-state index is -0.345. The lowest BCUT2D eigenvalue weighted by Crippen LogP contribution is -2.34. The number of aromatic nitrogens is 1. The summed E-state index contributed by atoms with van der Waals surface area (Å²) in [7, 11) is 0. The van der Waals surface area contributed by atoms with Crippen molar-refractivity contribution in [2.24, 2.45) is 5.73 Å². The summed E-state index contributed by atoms with van der Waals surface area (Å²) in [6.45, 7) is 4.17. The zero-order valence-electron chi connectivity index (χ0n) is 10.9. The van der Waals surface area contributed by atoms with E-state index in [1.54, 1.807) is 17.4 Å². The van der Waals surface area contributed by atoms with Gasteiger partial charge in [0.25, 0.3) is 0 Å². The Hall–Kier alpha value is -0.610. The molecule has 102 valence electrons. The van der Waals surface area contributed by atoms with E-state index < -0.39 is 0 Å². The minimum Gasteiger partial charge on any atom is -0.319 e. The van der Waals surface area contributed by atoms with Crippen LogP contribution in [0.1, 0.15) is 31.7 Å². The molecule has 0 saturated heterocycles. The van der Waals surface area contributed by atoms with Crippen molar-refractivity contribution >= 4 is 34.5 Å². The summed E-state index contributed by atoms with van der Waals surface area (Å²) in [4.78, 5) is 4.65. The normalized spacial score (nSPS) is 11.8. The third-order valence-electron chi connectivity index (χ3n) is 3.40. The molecule has 0 radical (unpaired) electrons. The van der Waals surface area contributed by atoms with Crippen molar-refractivity contribution in [3.05, 3.63) is 38.6 Å². The molecule has 0 aliphatic heterocycles. The number of nitrogens with two attached hydrogens (primary N) is 1. The number of halogens is 2. The van der Waals surface area contributed by atoms with Gasteiger partial charge in [0, 0.05) is 16.0 Å². The second kappa shape index (κ2) is 5.80. The van der Waals surface area contributed by atoms with Crippen LogP contribution < -0.4 is 5.73 Å². The van der Waals surface area contributed by atoms with E-state index >= 15 is 0 Å². The Morgan fingerprint density at radius 3 is 2.53 bits per heavy atom. The molecule has 0 aliphatic carbocycles. The van der Waals surface area contributed by atoms with Crippen LogP contribution in [-0.4, -0.2) is 4.98 Å². The number of thiazole rings is 1. The Morgan fingerprint density at radius 2 is 1.95 bits per heavy atom. The molecule has 2 aromatic rings. The number of hydrogen-bond acceptors (Lipinski definition) is 3. The fourth-order valence-corrected chi connectivity index (χ4v) is 3.46. The van der Waals surface area contributed by atoms with Crippen molar-refractivity contribution in [3.8, 4) is 11.3 Å². The Bertz CT molecular complexity index is 577. The lowest BCUT2D eigenvalue weighted by Gasteiger charge is -2.23. The minimum absolute atomic E-state index is 0.345. The first-order chi connectivity index (χ1) is 9.00. The lowest BCUT2D eigenvalue weighted by molar-refractivity contribution is 0.411. The first kappa shape index (κ1) is 14.8. The van der Waals surface area contributed by atoms with Gasteiger partial charge in [-0.25, -0.2) is 4.98 Å². The molecule has 0 bridgehead atoms. The van der Waals surface area contributed by atoms with Gasteiger partial charge in [-0.2, -0.15) is 0 Å². The topological polar surface area (TPSA) is 38.9 Å². The number of rotatable bonds is 4. The maximum absolute atomic E-state index is 6.37. The van der Waals surface area contributed by atoms with Gasteiger partial charge in [0.2, 0.25) is 0 Å². The van der Waals surface area contributed by atoms with Crippen molar-refractivity contribution in [1.29, 1.82) is 0 Å². The predicted octanol–water partition coefficient (Wildman–Crippen LogP) is 5.09. The van der Waals surface area contributed by atoms with Crippen molar-refractivity contribution < 1.29 is 0 Å². The fraction of sp³-hybridized carbons (Fsp3) is 0.357. The monoisotopic (exact) mass is 314 g/mol. The van der Waals surface area contributed by atoms with Gasteiger partial charge >= 0.3 is 0 Å². The van der Waals surface area contributed by atoms with Crippen LogP contribution in [-0.2, 0) is 5.54 Å². The average Bonchev–Trinajstić information content (AvgIpc) is 2.88. The van der Waals surface area contributed by atoms with Crippen LogP contribution in [0, 0.1) is 0 Å². The smallest absolute Gasteiger partial charge is 0.113 e. The van der Waals surface area contributed by atoms with E-state index in [4.69, 9.17) is 28.9 Å². The molecule has 1 heterocycles. The van der Waals surface area contributed by atoms with E-state index in [2.05, 4.69) is 18.8 Å². The van der Waals surface area contributed by atoms with Gasteiger partial charge in [-0.15, -0.1) is 11.3 Å². The van der Waals surface area contributed by atoms with E-state index in [0.717, 1.165) is 29.1 Å². The van der Waals surface area contributed by atoms with Crippen molar-refractivity contribution in [2.45, 2.75) is 32.2 Å². The Morgan fingerprint density at radius 1 is 1.26 bits per heavy atom. The van der Waals surface area contributed by atoms with Crippen LogP contribution in [0.2, 0.25) is 10.0 Å². The zero-order chi connectivity index (χ0) is 14.0. The molecule has 1 aromatic carbocycles. The highest BCUT2D eigenvalue weighted by Gasteiger charge is 2.26. The molecule has 0 aliphatic rings. The second-order valence-electron chi connectivity index (χ2n) is 4.53. The largest absolute Gasteiger partial charge is 0.319 e. The summed E-state index contributed by atoms with van der Waals surface area (Å²) >= 11 is 13.7. The molecule has 0 spiro atoms. The van der Waals surface area contributed by atoms with Gasteiger partial charge in [0.1, 0.15) is 5.01 Å². The third-order valence-corrected chi connectivity index (χ3v) is 5.01. The van der Waals surface area contributed by atoms with Gasteiger partial charge in [-0.05, 0) is 31.0 Å². The number of nitrogens with zero attached hydrogens (tertiary/aromatic N) is 1. The molecule has 2 N–H and O–H groups in total. The van der Waals surface area contributed by atoms with Crippen LogP contribution in [0.25, 0.3) is 11.3 Å². The Labute approximate surface area is 127 Å². The maximum Gasteiger partial charge on any atom is 0.113 e. The van der Waals surface area contributed by atoms with E-state index in [9.17, 15) is 0 Å². The summed E-state index contributed by atoms with van der Waals surface area (Å²) in [6, 6.07) is 5.43. The molecule has 0 unspecified atom stereocenters. The Balaban J connectivity index is 2.41. The second-order valence-corrected chi connectivity index (χ2v) is 6.23. The SMILES string of the molecule is CCC(N)(CC)c1nc(-c2ccc(Cl)cc2Cl)cs1.